The zero-order valence-corrected chi connectivity index (χ0v) is 13.9. The van der Waals surface area contributed by atoms with E-state index in [-0.39, 0.29) is 0 Å². The van der Waals surface area contributed by atoms with Crippen molar-refractivity contribution in [1.82, 2.24) is 0 Å². The van der Waals surface area contributed by atoms with Gasteiger partial charge < -0.3 is 18.9 Å². The van der Waals surface area contributed by atoms with Gasteiger partial charge in [0.25, 0.3) is 0 Å². The van der Waals surface area contributed by atoms with Crippen molar-refractivity contribution >= 4 is 0 Å². The molecular formula is C20H24O4. The zero-order valence-electron chi connectivity index (χ0n) is 13.9. The molecule has 0 aliphatic carbocycles. The highest BCUT2D eigenvalue weighted by atomic mass is 16.6. The van der Waals surface area contributed by atoms with Crippen molar-refractivity contribution in [2.24, 2.45) is 0 Å². The van der Waals surface area contributed by atoms with Crippen LogP contribution < -0.4 is 0 Å². The molecule has 0 atom stereocenters. The first-order chi connectivity index (χ1) is 11.9. The molecule has 0 amide bonds. The molecule has 1 saturated heterocycles. The number of ether oxygens (including phenoxy) is 4. The van der Waals surface area contributed by atoms with E-state index in [1.807, 2.05) is 36.4 Å². The lowest BCUT2D eigenvalue weighted by Gasteiger charge is -2.35. The van der Waals surface area contributed by atoms with Gasteiger partial charge in [-0.1, -0.05) is 60.7 Å². The number of hydrogen-bond donors (Lipinski definition) is 0. The van der Waals surface area contributed by atoms with Crippen LogP contribution in [0.4, 0.5) is 0 Å². The lowest BCUT2D eigenvalue weighted by Crippen LogP contribution is -2.38. The van der Waals surface area contributed by atoms with Crippen LogP contribution in [0.15, 0.2) is 60.7 Å². The van der Waals surface area contributed by atoms with Crippen LogP contribution in [-0.2, 0) is 24.5 Å². The van der Waals surface area contributed by atoms with Crippen LogP contribution in [0.3, 0.4) is 0 Å². The topological polar surface area (TPSA) is 36.9 Å². The van der Waals surface area contributed by atoms with Gasteiger partial charge in [0.15, 0.2) is 0 Å². The molecule has 3 rings (SSSR count). The summed E-state index contributed by atoms with van der Waals surface area (Å²) in [5.41, 5.74) is 1.51. The van der Waals surface area contributed by atoms with Crippen LogP contribution in [0.2, 0.25) is 0 Å². The van der Waals surface area contributed by atoms with Crippen LogP contribution in [0.25, 0.3) is 0 Å². The molecule has 1 heterocycles. The molecule has 0 saturated carbocycles. The maximum Gasteiger partial charge on any atom is 0.141 e. The van der Waals surface area contributed by atoms with E-state index in [4.69, 9.17) is 18.9 Å². The van der Waals surface area contributed by atoms with Gasteiger partial charge in [-0.25, -0.2) is 0 Å². The molecule has 1 fully saturated rings. The first kappa shape index (κ1) is 17.1. The Bertz CT molecular complexity index is 532. The maximum atomic E-state index is 6.38. The molecule has 24 heavy (non-hydrogen) atoms. The van der Waals surface area contributed by atoms with Crippen molar-refractivity contribution in [2.75, 3.05) is 46.2 Å². The van der Waals surface area contributed by atoms with Crippen molar-refractivity contribution in [3.63, 3.8) is 0 Å². The fraction of sp³-hybridized carbons (Fsp3) is 0.400. The third-order valence-electron chi connectivity index (χ3n) is 4.11. The van der Waals surface area contributed by atoms with Gasteiger partial charge in [-0.05, 0) is 11.1 Å². The minimum atomic E-state index is -0.648. The van der Waals surface area contributed by atoms with E-state index in [0.29, 0.717) is 46.2 Å². The highest BCUT2D eigenvalue weighted by Gasteiger charge is 2.36. The molecular weight excluding hydrogens is 304 g/mol. The first-order valence-electron chi connectivity index (χ1n) is 8.40. The summed E-state index contributed by atoms with van der Waals surface area (Å²) in [4.78, 5) is 0. The second-order valence-corrected chi connectivity index (χ2v) is 5.68. The van der Waals surface area contributed by atoms with Crippen molar-refractivity contribution in [2.45, 2.75) is 5.60 Å². The van der Waals surface area contributed by atoms with E-state index in [0.717, 1.165) is 11.1 Å². The third kappa shape index (κ3) is 4.22. The van der Waals surface area contributed by atoms with E-state index >= 15 is 0 Å². The number of benzene rings is 2. The number of hydrogen-bond acceptors (Lipinski definition) is 4. The lowest BCUT2D eigenvalue weighted by molar-refractivity contribution is -0.108. The van der Waals surface area contributed by atoms with Crippen molar-refractivity contribution in [1.29, 1.82) is 0 Å². The Morgan fingerprint density at radius 2 is 1.00 bits per heavy atom. The second-order valence-electron chi connectivity index (χ2n) is 5.68. The maximum absolute atomic E-state index is 6.38. The Hall–Kier alpha value is -1.72. The molecule has 4 nitrogen and oxygen atoms in total. The quantitative estimate of drug-likeness (QED) is 0.849. The fourth-order valence-corrected chi connectivity index (χ4v) is 2.89. The summed E-state index contributed by atoms with van der Waals surface area (Å²) in [6, 6.07) is 20.5. The number of rotatable bonds is 2. The van der Waals surface area contributed by atoms with Gasteiger partial charge in [0, 0.05) is 0 Å². The van der Waals surface area contributed by atoms with Crippen molar-refractivity contribution in [3.8, 4) is 0 Å². The minimum absolute atomic E-state index is 0.435. The molecule has 4 heteroatoms. The van der Waals surface area contributed by atoms with E-state index in [2.05, 4.69) is 24.3 Å². The first-order valence-corrected chi connectivity index (χ1v) is 8.40. The largest absolute Gasteiger partial charge is 0.377 e. The summed E-state index contributed by atoms with van der Waals surface area (Å²) in [5.74, 6) is 0. The standard InChI is InChI=1S/C20H24O4/c1-3-7-18(8-4-1)20(19-9-5-2-6-10-19)17-23-14-13-21-11-12-22-15-16-24-20/h1-10H,11-17H2. The van der Waals surface area contributed by atoms with Crippen LogP contribution in [0.5, 0.6) is 0 Å². The molecule has 128 valence electrons. The summed E-state index contributed by atoms with van der Waals surface area (Å²) in [5, 5.41) is 0. The molecule has 0 unspecified atom stereocenters. The van der Waals surface area contributed by atoms with Crippen LogP contribution in [-0.4, -0.2) is 46.2 Å². The molecule has 2 aromatic carbocycles. The molecule has 0 bridgehead atoms. The van der Waals surface area contributed by atoms with E-state index in [1.165, 1.54) is 0 Å². The SMILES string of the molecule is c1ccc(C2(c3ccccc3)COCCOCCOCCO2)cc1. The predicted octanol–water partition coefficient (Wildman–Crippen LogP) is 3.01. The molecule has 1 aliphatic heterocycles. The van der Waals surface area contributed by atoms with Gasteiger partial charge >= 0.3 is 0 Å². The Morgan fingerprint density at radius 3 is 1.54 bits per heavy atom. The average molecular weight is 328 g/mol. The van der Waals surface area contributed by atoms with Gasteiger partial charge in [-0.2, -0.15) is 0 Å². The molecule has 0 aromatic heterocycles. The van der Waals surface area contributed by atoms with Gasteiger partial charge in [-0.15, -0.1) is 0 Å². The molecule has 0 radical (unpaired) electrons. The van der Waals surface area contributed by atoms with Crippen LogP contribution in [0, 0.1) is 0 Å². The van der Waals surface area contributed by atoms with Gasteiger partial charge in [0.1, 0.15) is 5.60 Å². The molecule has 1 aliphatic rings. The fourth-order valence-electron chi connectivity index (χ4n) is 2.89. The van der Waals surface area contributed by atoms with E-state index < -0.39 is 5.60 Å². The molecule has 0 spiro atoms. The highest BCUT2D eigenvalue weighted by molar-refractivity contribution is 5.36. The third-order valence-corrected chi connectivity index (χ3v) is 4.11. The average Bonchev–Trinajstić information content (AvgIpc) is 2.64. The van der Waals surface area contributed by atoms with Crippen molar-refractivity contribution < 1.29 is 18.9 Å². The molecule has 2 aromatic rings. The zero-order chi connectivity index (χ0) is 16.5. The second kappa shape index (κ2) is 8.94. The van der Waals surface area contributed by atoms with Crippen LogP contribution in [0.1, 0.15) is 11.1 Å². The van der Waals surface area contributed by atoms with Gasteiger partial charge in [0.05, 0.1) is 46.2 Å². The highest BCUT2D eigenvalue weighted by Crippen LogP contribution is 2.34. The summed E-state index contributed by atoms with van der Waals surface area (Å²) >= 11 is 0. The Morgan fingerprint density at radius 1 is 0.542 bits per heavy atom. The predicted molar refractivity (Wildman–Crippen MR) is 92.1 cm³/mol. The van der Waals surface area contributed by atoms with E-state index in [9.17, 15) is 0 Å². The minimum Gasteiger partial charge on any atom is -0.377 e. The summed E-state index contributed by atoms with van der Waals surface area (Å²) in [6.07, 6.45) is 0. The summed E-state index contributed by atoms with van der Waals surface area (Å²) in [6.45, 7) is 3.72. The van der Waals surface area contributed by atoms with Crippen molar-refractivity contribution in [3.05, 3.63) is 71.8 Å². The lowest BCUT2D eigenvalue weighted by atomic mass is 9.86. The Balaban J connectivity index is 1.93. The van der Waals surface area contributed by atoms with Crippen LogP contribution >= 0.6 is 0 Å². The normalized spacial score (nSPS) is 19.8. The van der Waals surface area contributed by atoms with Gasteiger partial charge in [0.2, 0.25) is 0 Å². The monoisotopic (exact) mass is 328 g/mol. The Labute approximate surface area is 143 Å². The van der Waals surface area contributed by atoms with Gasteiger partial charge in [-0.3, -0.25) is 0 Å². The smallest absolute Gasteiger partial charge is 0.141 e. The molecule has 0 N–H and O–H groups in total. The van der Waals surface area contributed by atoms with E-state index in [1.54, 1.807) is 0 Å². The summed E-state index contributed by atoms with van der Waals surface area (Å²) < 4.78 is 23.4. The summed E-state index contributed by atoms with van der Waals surface area (Å²) in [7, 11) is 0. The Kier molecular flexibility index (Phi) is 6.38.